The van der Waals surface area contributed by atoms with Crippen molar-refractivity contribution >= 4 is 0 Å². The second-order valence-electron chi connectivity index (χ2n) is 5.09. The average molecular weight is 238 g/mol. The molecule has 18 heavy (non-hydrogen) atoms. The molecule has 0 saturated heterocycles. The topological polar surface area (TPSA) is 0 Å². The molecule has 0 nitrogen and oxygen atoms in total. The molecule has 2 aliphatic carbocycles. The standard InChI is InChI=1S/C18H22/c1-15(17-9-5-3-6-10-17)13-14-16(2)18-11-7-4-8-12-18/h3-9,11H,10,12-14H2,1-2H3/b17-15+,18-16+. The Labute approximate surface area is 111 Å². The van der Waals surface area contributed by atoms with E-state index in [1.54, 1.807) is 0 Å². The zero-order valence-corrected chi connectivity index (χ0v) is 11.4. The van der Waals surface area contributed by atoms with Crippen LogP contribution in [0.15, 0.2) is 70.9 Å². The number of hydrogen-bond donors (Lipinski definition) is 0. The van der Waals surface area contributed by atoms with E-state index in [1.165, 1.54) is 35.1 Å². The Morgan fingerprint density at radius 3 is 1.56 bits per heavy atom. The van der Waals surface area contributed by atoms with Crippen LogP contribution < -0.4 is 0 Å². The second kappa shape index (κ2) is 6.39. The van der Waals surface area contributed by atoms with Crippen molar-refractivity contribution in [3.8, 4) is 0 Å². The quantitative estimate of drug-likeness (QED) is 0.615. The fraction of sp³-hybridized carbons (Fsp3) is 0.333. The summed E-state index contributed by atoms with van der Waals surface area (Å²) in [5.41, 5.74) is 6.06. The fourth-order valence-corrected chi connectivity index (χ4v) is 2.36. The van der Waals surface area contributed by atoms with E-state index in [4.69, 9.17) is 0 Å². The molecule has 0 amide bonds. The predicted molar refractivity (Wildman–Crippen MR) is 80.4 cm³/mol. The van der Waals surface area contributed by atoms with E-state index in [-0.39, 0.29) is 0 Å². The highest BCUT2D eigenvalue weighted by Crippen LogP contribution is 2.23. The van der Waals surface area contributed by atoms with Crippen LogP contribution in [0.25, 0.3) is 0 Å². The van der Waals surface area contributed by atoms with Gasteiger partial charge in [-0.05, 0) is 50.7 Å². The van der Waals surface area contributed by atoms with Crippen LogP contribution in [0.5, 0.6) is 0 Å². The van der Waals surface area contributed by atoms with E-state index in [9.17, 15) is 0 Å². The summed E-state index contributed by atoms with van der Waals surface area (Å²) in [6.45, 7) is 4.54. The van der Waals surface area contributed by atoms with E-state index in [0.717, 1.165) is 12.8 Å². The molecule has 0 aromatic heterocycles. The Hall–Kier alpha value is -1.56. The Morgan fingerprint density at radius 2 is 1.22 bits per heavy atom. The van der Waals surface area contributed by atoms with Gasteiger partial charge in [-0.2, -0.15) is 0 Å². The number of rotatable bonds is 3. The van der Waals surface area contributed by atoms with E-state index in [2.05, 4.69) is 62.5 Å². The summed E-state index contributed by atoms with van der Waals surface area (Å²) < 4.78 is 0. The van der Waals surface area contributed by atoms with Crippen LogP contribution in [0.3, 0.4) is 0 Å². The van der Waals surface area contributed by atoms with Crippen LogP contribution in [-0.4, -0.2) is 0 Å². The van der Waals surface area contributed by atoms with E-state index in [1.807, 2.05) is 0 Å². The number of allylic oxidation sites excluding steroid dienone is 12. The maximum atomic E-state index is 2.27. The van der Waals surface area contributed by atoms with Gasteiger partial charge in [0.25, 0.3) is 0 Å². The lowest BCUT2D eigenvalue weighted by molar-refractivity contribution is 0.891. The van der Waals surface area contributed by atoms with E-state index < -0.39 is 0 Å². The minimum absolute atomic E-state index is 1.10. The summed E-state index contributed by atoms with van der Waals surface area (Å²) in [5.74, 6) is 0. The SMILES string of the molecule is C/C(CC/C(C)=C1\C=CC=CC1)=C1/C=CC=CC1. The van der Waals surface area contributed by atoms with Crippen molar-refractivity contribution in [2.24, 2.45) is 0 Å². The molecule has 0 aromatic rings. The molecule has 0 unspecified atom stereocenters. The molecule has 0 aromatic carbocycles. The summed E-state index contributed by atoms with van der Waals surface area (Å²) in [7, 11) is 0. The van der Waals surface area contributed by atoms with Crippen LogP contribution in [-0.2, 0) is 0 Å². The van der Waals surface area contributed by atoms with Crippen molar-refractivity contribution in [2.45, 2.75) is 39.5 Å². The molecule has 0 heteroatoms. The molecule has 0 heterocycles. The first-order chi connectivity index (χ1) is 8.77. The fourth-order valence-electron chi connectivity index (χ4n) is 2.36. The normalized spacial score (nSPS) is 23.4. The molecule has 0 N–H and O–H groups in total. The summed E-state index contributed by atoms with van der Waals surface area (Å²) in [6.07, 6.45) is 22.1. The summed E-state index contributed by atoms with van der Waals surface area (Å²) in [6, 6.07) is 0. The summed E-state index contributed by atoms with van der Waals surface area (Å²) in [5, 5.41) is 0. The maximum Gasteiger partial charge on any atom is -0.00949 e. The van der Waals surface area contributed by atoms with Gasteiger partial charge in [0, 0.05) is 0 Å². The first-order valence-electron chi connectivity index (χ1n) is 6.81. The van der Waals surface area contributed by atoms with Gasteiger partial charge in [-0.3, -0.25) is 0 Å². The molecule has 0 radical (unpaired) electrons. The van der Waals surface area contributed by atoms with Gasteiger partial charge < -0.3 is 0 Å². The zero-order chi connectivity index (χ0) is 12.8. The van der Waals surface area contributed by atoms with Crippen molar-refractivity contribution < 1.29 is 0 Å². The highest BCUT2D eigenvalue weighted by atomic mass is 14.1. The Morgan fingerprint density at radius 1 is 0.778 bits per heavy atom. The third-order valence-electron chi connectivity index (χ3n) is 3.74. The largest absolute Gasteiger partial charge is 0.0801 e. The lowest BCUT2D eigenvalue weighted by atomic mass is 9.94. The molecule has 0 aliphatic heterocycles. The van der Waals surface area contributed by atoms with Gasteiger partial charge in [0.15, 0.2) is 0 Å². The van der Waals surface area contributed by atoms with Gasteiger partial charge in [-0.25, -0.2) is 0 Å². The monoisotopic (exact) mass is 238 g/mol. The summed E-state index contributed by atoms with van der Waals surface area (Å²) in [4.78, 5) is 0. The minimum Gasteiger partial charge on any atom is -0.0801 e. The van der Waals surface area contributed by atoms with Gasteiger partial charge in [0.1, 0.15) is 0 Å². The van der Waals surface area contributed by atoms with Gasteiger partial charge >= 0.3 is 0 Å². The molecule has 94 valence electrons. The molecule has 0 saturated carbocycles. The Balaban J connectivity index is 1.95. The predicted octanol–water partition coefficient (Wildman–Crippen LogP) is 5.43. The molecule has 0 spiro atoms. The zero-order valence-electron chi connectivity index (χ0n) is 11.4. The van der Waals surface area contributed by atoms with Crippen LogP contribution in [0.4, 0.5) is 0 Å². The van der Waals surface area contributed by atoms with Crippen molar-refractivity contribution in [3.63, 3.8) is 0 Å². The molecule has 2 aliphatic rings. The highest BCUT2D eigenvalue weighted by Gasteiger charge is 2.04. The van der Waals surface area contributed by atoms with Gasteiger partial charge in [-0.15, -0.1) is 0 Å². The average Bonchev–Trinajstić information content (AvgIpc) is 2.46. The third kappa shape index (κ3) is 3.46. The van der Waals surface area contributed by atoms with E-state index >= 15 is 0 Å². The first kappa shape index (κ1) is 12.9. The van der Waals surface area contributed by atoms with Crippen LogP contribution in [0, 0.1) is 0 Å². The molecule has 0 bridgehead atoms. The molecular weight excluding hydrogens is 216 g/mol. The second-order valence-corrected chi connectivity index (χ2v) is 5.09. The van der Waals surface area contributed by atoms with Gasteiger partial charge in [0.2, 0.25) is 0 Å². The lowest BCUT2D eigenvalue weighted by Gasteiger charge is -2.12. The van der Waals surface area contributed by atoms with E-state index in [0.29, 0.717) is 0 Å². The number of hydrogen-bond acceptors (Lipinski definition) is 0. The van der Waals surface area contributed by atoms with Crippen molar-refractivity contribution in [1.29, 1.82) is 0 Å². The van der Waals surface area contributed by atoms with Crippen molar-refractivity contribution in [1.82, 2.24) is 0 Å². The molecule has 2 rings (SSSR count). The molecule has 0 fully saturated rings. The first-order valence-corrected chi connectivity index (χ1v) is 6.81. The summed E-state index contributed by atoms with van der Waals surface area (Å²) >= 11 is 0. The smallest absolute Gasteiger partial charge is 0.00949 e. The Kier molecular flexibility index (Phi) is 4.58. The van der Waals surface area contributed by atoms with Crippen LogP contribution in [0.2, 0.25) is 0 Å². The van der Waals surface area contributed by atoms with Gasteiger partial charge in [0.05, 0.1) is 0 Å². The van der Waals surface area contributed by atoms with Crippen molar-refractivity contribution in [3.05, 3.63) is 70.9 Å². The van der Waals surface area contributed by atoms with Crippen molar-refractivity contribution in [2.75, 3.05) is 0 Å². The lowest BCUT2D eigenvalue weighted by Crippen LogP contribution is -1.92. The third-order valence-corrected chi connectivity index (χ3v) is 3.74. The minimum atomic E-state index is 1.10. The Bertz CT molecular complexity index is 430. The van der Waals surface area contributed by atoms with Crippen LogP contribution in [0.1, 0.15) is 39.5 Å². The van der Waals surface area contributed by atoms with Gasteiger partial charge in [-0.1, -0.05) is 59.8 Å². The highest BCUT2D eigenvalue weighted by molar-refractivity contribution is 5.35. The molecular formula is C18H22. The van der Waals surface area contributed by atoms with Crippen LogP contribution >= 0.6 is 0 Å². The maximum absolute atomic E-state index is 2.27. The molecule has 0 atom stereocenters.